The van der Waals surface area contributed by atoms with Gasteiger partial charge in [0.15, 0.2) is 0 Å². The van der Waals surface area contributed by atoms with Gasteiger partial charge in [-0.15, -0.1) is 0 Å². The van der Waals surface area contributed by atoms with Crippen LogP contribution in [0.5, 0.6) is 0 Å². The number of aldehydes is 2. The van der Waals surface area contributed by atoms with Gasteiger partial charge in [0.05, 0.1) is 0 Å². The summed E-state index contributed by atoms with van der Waals surface area (Å²) in [7, 11) is 0. The van der Waals surface area contributed by atoms with E-state index in [2.05, 4.69) is 6.92 Å². The number of carbonyl (C=O) groups excluding carboxylic acids is 2. The summed E-state index contributed by atoms with van der Waals surface area (Å²) in [6.45, 7) is 4.00. The van der Waals surface area contributed by atoms with E-state index in [1.165, 1.54) is 0 Å². The van der Waals surface area contributed by atoms with Crippen LogP contribution in [0.1, 0.15) is 26.7 Å². The van der Waals surface area contributed by atoms with Crippen LogP contribution in [0.3, 0.4) is 0 Å². The summed E-state index contributed by atoms with van der Waals surface area (Å²) in [4.78, 5) is 21.3. The molecule has 1 rings (SSSR count). The van der Waals surface area contributed by atoms with Gasteiger partial charge in [0, 0.05) is 11.8 Å². The minimum Gasteiger partial charge on any atom is -0.303 e. The average Bonchev–Trinajstić information content (AvgIpc) is 2.45. The van der Waals surface area contributed by atoms with E-state index in [0.717, 1.165) is 25.4 Å². The van der Waals surface area contributed by atoms with E-state index in [1.54, 1.807) is 0 Å². The predicted octanol–water partition coefficient (Wildman–Crippen LogP) is 1.68. The van der Waals surface area contributed by atoms with Crippen molar-refractivity contribution in [3.63, 3.8) is 0 Å². The quantitative estimate of drug-likeness (QED) is 0.601. The highest BCUT2D eigenvalue weighted by Crippen LogP contribution is 2.39. The van der Waals surface area contributed by atoms with Crippen LogP contribution >= 0.6 is 0 Å². The van der Waals surface area contributed by atoms with Crippen molar-refractivity contribution in [1.82, 2.24) is 0 Å². The first-order valence-electron chi connectivity index (χ1n) is 4.61. The third-order valence-corrected chi connectivity index (χ3v) is 3.15. The van der Waals surface area contributed by atoms with E-state index >= 15 is 0 Å². The van der Waals surface area contributed by atoms with Gasteiger partial charge in [-0.05, 0) is 24.7 Å². The molecule has 2 nitrogen and oxygen atoms in total. The minimum absolute atomic E-state index is 0.0464. The zero-order chi connectivity index (χ0) is 9.14. The largest absolute Gasteiger partial charge is 0.303 e. The molecule has 1 fully saturated rings. The first kappa shape index (κ1) is 9.43. The summed E-state index contributed by atoms with van der Waals surface area (Å²) >= 11 is 0. The first-order chi connectivity index (χ1) is 5.70. The number of carbonyl (C=O) groups is 2. The smallest absolute Gasteiger partial charge is 0.123 e. The van der Waals surface area contributed by atoms with Crippen molar-refractivity contribution in [3.8, 4) is 0 Å². The molecule has 0 aromatic heterocycles. The molecule has 1 unspecified atom stereocenters. The van der Waals surface area contributed by atoms with Crippen LogP contribution in [0.2, 0.25) is 0 Å². The molecule has 0 saturated heterocycles. The van der Waals surface area contributed by atoms with Crippen LogP contribution < -0.4 is 0 Å². The summed E-state index contributed by atoms with van der Waals surface area (Å²) < 4.78 is 0. The first-order valence-corrected chi connectivity index (χ1v) is 4.61. The lowest BCUT2D eigenvalue weighted by molar-refractivity contribution is -0.116. The molecule has 0 N–H and O–H groups in total. The molecule has 0 aromatic carbocycles. The highest BCUT2D eigenvalue weighted by Gasteiger charge is 2.35. The molecule has 1 aliphatic rings. The van der Waals surface area contributed by atoms with Crippen LogP contribution in [0.4, 0.5) is 0 Å². The van der Waals surface area contributed by atoms with Gasteiger partial charge in [-0.3, -0.25) is 0 Å². The Hall–Kier alpha value is -0.660. The summed E-state index contributed by atoms with van der Waals surface area (Å²) in [6, 6.07) is 0. The summed E-state index contributed by atoms with van der Waals surface area (Å²) in [5.74, 6) is 0.931. The maximum absolute atomic E-state index is 10.7. The number of hydrogen-bond acceptors (Lipinski definition) is 2. The Labute approximate surface area is 73.3 Å². The van der Waals surface area contributed by atoms with Gasteiger partial charge in [0.2, 0.25) is 0 Å². The molecule has 12 heavy (non-hydrogen) atoms. The normalized spacial score (nSPS) is 37.7. The maximum atomic E-state index is 10.7. The molecule has 68 valence electrons. The second-order valence-corrected chi connectivity index (χ2v) is 3.93. The van der Waals surface area contributed by atoms with Crippen molar-refractivity contribution in [2.24, 2.45) is 23.7 Å². The molecule has 0 amide bonds. The SMILES string of the molecule is CC(C=O)[C@H]1CC[C@H](C)[C@@H]1C=O. The number of rotatable bonds is 3. The molecule has 0 radical (unpaired) electrons. The number of hydrogen-bond donors (Lipinski definition) is 0. The lowest BCUT2D eigenvalue weighted by Gasteiger charge is -2.19. The fourth-order valence-electron chi connectivity index (χ4n) is 2.21. The van der Waals surface area contributed by atoms with E-state index in [-0.39, 0.29) is 11.8 Å². The molecule has 2 heteroatoms. The van der Waals surface area contributed by atoms with Gasteiger partial charge in [-0.1, -0.05) is 13.8 Å². The van der Waals surface area contributed by atoms with Crippen molar-refractivity contribution in [2.45, 2.75) is 26.7 Å². The molecule has 0 spiro atoms. The van der Waals surface area contributed by atoms with Crippen molar-refractivity contribution in [1.29, 1.82) is 0 Å². The monoisotopic (exact) mass is 168 g/mol. The zero-order valence-electron chi connectivity index (χ0n) is 7.69. The van der Waals surface area contributed by atoms with Crippen molar-refractivity contribution < 1.29 is 9.59 Å². The van der Waals surface area contributed by atoms with Gasteiger partial charge in [0.1, 0.15) is 12.6 Å². The van der Waals surface area contributed by atoms with Crippen LogP contribution in [-0.4, -0.2) is 12.6 Å². The zero-order valence-corrected chi connectivity index (χ0v) is 7.69. The molecule has 4 atom stereocenters. The molecule has 1 aliphatic carbocycles. The third kappa shape index (κ3) is 1.57. The van der Waals surface area contributed by atoms with E-state index in [4.69, 9.17) is 0 Å². The van der Waals surface area contributed by atoms with Gasteiger partial charge in [0.25, 0.3) is 0 Å². The Kier molecular flexibility index (Phi) is 3.01. The molecule has 0 aliphatic heterocycles. The Morgan fingerprint density at radius 3 is 2.50 bits per heavy atom. The van der Waals surface area contributed by atoms with Gasteiger partial charge < -0.3 is 9.59 Å². The molecule has 0 bridgehead atoms. The second kappa shape index (κ2) is 3.83. The third-order valence-electron chi connectivity index (χ3n) is 3.15. The standard InChI is InChI=1S/C10H16O2/c1-7-3-4-9(8(2)5-11)10(7)6-12/h5-10H,3-4H2,1-2H3/t7-,8?,9+,10-/m0/s1. The highest BCUT2D eigenvalue weighted by atomic mass is 16.1. The lowest BCUT2D eigenvalue weighted by Crippen LogP contribution is -2.21. The van der Waals surface area contributed by atoms with E-state index < -0.39 is 0 Å². The van der Waals surface area contributed by atoms with E-state index in [0.29, 0.717) is 11.8 Å². The molecule has 0 aromatic rings. The Morgan fingerprint density at radius 1 is 1.33 bits per heavy atom. The van der Waals surface area contributed by atoms with Crippen LogP contribution in [-0.2, 0) is 9.59 Å². The molecule has 0 heterocycles. The molecule has 1 saturated carbocycles. The van der Waals surface area contributed by atoms with Gasteiger partial charge in [-0.25, -0.2) is 0 Å². The van der Waals surface area contributed by atoms with Crippen molar-refractivity contribution in [3.05, 3.63) is 0 Å². The van der Waals surface area contributed by atoms with E-state index in [1.807, 2.05) is 6.92 Å². The van der Waals surface area contributed by atoms with E-state index in [9.17, 15) is 9.59 Å². The summed E-state index contributed by atoms with van der Waals surface area (Å²) in [6.07, 6.45) is 4.12. The van der Waals surface area contributed by atoms with Crippen molar-refractivity contribution in [2.75, 3.05) is 0 Å². The Morgan fingerprint density at radius 2 is 2.00 bits per heavy atom. The highest BCUT2D eigenvalue weighted by molar-refractivity contribution is 5.59. The van der Waals surface area contributed by atoms with Crippen LogP contribution in [0, 0.1) is 23.7 Å². The van der Waals surface area contributed by atoms with Crippen LogP contribution in [0.25, 0.3) is 0 Å². The van der Waals surface area contributed by atoms with Crippen LogP contribution in [0.15, 0.2) is 0 Å². The minimum atomic E-state index is 0.0464. The second-order valence-electron chi connectivity index (χ2n) is 3.93. The molecular weight excluding hydrogens is 152 g/mol. The van der Waals surface area contributed by atoms with Gasteiger partial charge >= 0.3 is 0 Å². The average molecular weight is 168 g/mol. The van der Waals surface area contributed by atoms with Crippen molar-refractivity contribution >= 4 is 12.6 Å². The topological polar surface area (TPSA) is 34.1 Å². The summed E-state index contributed by atoms with van der Waals surface area (Å²) in [5, 5.41) is 0. The maximum Gasteiger partial charge on any atom is 0.123 e. The lowest BCUT2D eigenvalue weighted by atomic mass is 9.84. The molecular formula is C10H16O2. The summed E-state index contributed by atoms with van der Waals surface area (Å²) in [5.41, 5.74) is 0. The Bertz CT molecular complexity index is 177. The fraction of sp³-hybridized carbons (Fsp3) is 0.800. The fourth-order valence-corrected chi connectivity index (χ4v) is 2.21. The van der Waals surface area contributed by atoms with Gasteiger partial charge in [-0.2, -0.15) is 0 Å². The Balaban J connectivity index is 2.65. The predicted molar refractivity (Wildman–Crippen MR) is 46.7 cm³/mol.